The van der Waals surface area contributed by atoms with Gasteiger partial charge in [0.2, 0.25) is 0 Å². The van der Waals surface area contributed by atoms with E-state index in [1.54, 1.807) is 18.0 Å². The highest BCUT2D eigenvalue weighted by atomic mass is 16.4. The Kier molecular flexibility index (Phi) is 5.77. The van der Waals surface area contributed by atoms with Crippen molar-refractivity contribution in [2.45, 2.75) is 52.6 Å². The van der Waals surface area contributed by atoms with Gasteiger partial charge in [0.25, 0.3) is 5.91 Å². The quantitative estimate of drug-likeness (QED) is 0.810. The second-order valence-electron chi connectivity index (χ2n) is 7.41. The zero-order valence-corrected chi connectivity index (χ0v) is 16.3. The lowest BCUT2D eigenvalue weighted by Crippen LogP contribution is -2.32. The molecule has 1 atom stereocenters. The van der Waals surface area contributed by atoms with Crippen LogP contribution < -0.4 is 0 Å². The summed E-state index contributed by atoms with van der Waals surface area (Å²) in [6.07, 6.45) is 3.79. The van der Waals surface area contributed by atoms with Gasteiger partial charge in [-0.1, -0.05) is 6.42 Å². The Labute approximate surface area is 156 Å². The van der Waals surface area contributed by atoms with Crippen LogP contribution in [0.1, 0.15) is 65.5 Å². The number of carbonyl (C=O) groups excluding carboxylic acids is 1. The normalized spacial score (nSPS) is 16.5. The van der Waals surface area contributed by atoms with Gasteiger partial charge in [0, 0.05) is 12.7 Å². The van der Waals surface area contributed by atoms with Gasteiger partial charge in [-0.25, -0.2) is 0 Å². The van der Waals surface area contributed by atoms with E-state index in [2.05, 4.69) is 16.8 Å². The highest BCUT2D eigenvalue weighted by Gasteiger charge is 2.23. The molecule has 3 heterocycles. The minimum Gasteiger partial charge on any atom is -0.454 e. The summed E-state index contributed by atoms with van der Waals surface area (Å²) in [6, 6.07) is 8.00. The van der Waals surface area contributed by atoms with Crippen LogP contribution in [0.3, 0.4) is 0 Å². The fraction of sp³-hybridized carbons (Fsp3) is 0.524. The van der Waals surface area contributed by atoms with Gasteiger partial charge in [0.1, 0.15) is 5.76 Å². The molecule has 1 amide bonds. The van der Waals surface area contributed by atoms with Gasteiger partial charge in [-0.2, -0.15) is 0 Å². The topological polar surface area (TPSA) is 49.6 Å². The molecule has 3 rings (SSSR count). The summed E-state index contributed by atoms with van der Waals surface area (Å²) >= 11 is 0. The number of hydrogen-bond acceptors (Lipinski definition) is 4. The molecule has 0 radical (unpaired) electrons. The van der Waals surface area contributed by atoms with Crippen molar-refractivity contribution in [3.05, 3.63) is 52.7 Å². The molecular weight excluding hydrogens is 326 g/mol. The fourth-order valence-electron chi connectivity index (χ4n) is 3.69. The monoisotopic (exact) mass is 355 g/mol. The van der Waals surface area contributed by atoms with Crippen molar-refractivity contribution in [1.29, 1.82) is 0 Å². The van der Waals surface area contributed by atoms with Gasteiger partial charge in [0.15, 0.2) is 5.76 Å². The number of rotatable bonds is 5. The van der Waals surface area contributed by atoms with Crippen molar-refractivity contribution >= 4 is 5.91 Å². The van der Waals surface area contributed by atoms with Crippen molar-refractivity contribution in [2.75, 3.05) is 20.1 Å². The number of pyridine rings is 1. The number of amides is 1. The minimum absolute atomic E-state index is 0.108. The first-order chi connectivity index (χ1) is 12.4. The van der Waals surface area contributed by atoms with Crippen molar-refractivity contribution < 1.29 is 9.21 Å². The molecule has 1 aliphatic heterocycles. The zero-order chi connectivity index (χ0) is 18.7. The Balaban J connectivity index is 1.66. The van der Waals surface area contributed by atoms with Crippen LogP contribution in [0.5, 0.6) is 0 Å². The molecule has 2 aromatic heterocycles. The van der Waals surface area contributed by atoms with Gasteiger partial charge in [-0.15, -0.1) is 0 Å². The summed E-state index contributed by atoms with van der Waals surface area (Å²) in [4.78, 5) is 21.3. The molecule has 140 valence electrons. The molecule has 0 spiro atoms. The van der Waals surface area contributed by atoms with Crippen LogP contribution in [0, 0.1) is 13.8 Å². The van der Waals surface area contributed by atoms with Crippen molar-refractivity contribution in [1.82, 2.24) is 14.8 Å². The lowest BCUT2D eigenvalue weighted by molar-refractivity contribution is 0.0743. The third kappa shape index (κ3) is 4.33. The molecule has 1 aliphatic rings. The minimum atomic E-state index is -0.108. The fourth-order valence-corrected chi connectivity index (χ4v) is 3.69. The second kappa shape index (κ2) is 8.04. The lowest BCUT2D eigenvalue weighted by Gasteiger charge is -2.31. The van der Waals surface area contributed by atoms with Gasteiger partial charge < -0.3 is 9.32 Å². The molecule has 1 saturated heterocycles. The van der Waals surface area contributed by atoms with E-state index in [9.17, 15) is 4.79 Å². The molecule has 1 fully saturated rings. The standard InChI is InChI=1S/C21H29N3O2/c1-15-12-16(2)22-18(13-15)14-23(4)21(25)20-9-8-19(26-20)17(3)24-10-6-5-7-11-24/h8-9,12-13,17H,5-7,10-11,14H2,1-4H3/t17-/m1/s1. The summed E-state index contributed by atoms with van der Waals surface area (Å²) in [7, 11) is 1.79. The van der Waals surface area contributed by atoms with E-state index in [1.807, 2.05) is 32.0 Å². The summed E-state index contributed by atoms with van der Waals surface area (Å²) in [5.41, 5.74) is 3.02. The van der Waals surface area contributed by atoms with Crippen LogP contribution in [-0.2, 0) is 6.54 Å². The molecular formula is C21H29N3O2. The summed E-state index contributed by atoms with van der Waals surface area (Å²) in [6.45, 7) is 8.84. The smallest absolute Gasteiger partial charge is 0.289 e. The van der Waals surface area contributed by atoms with Crippen LogP contribution in [-0.4, -0.2) is 40.8 Å². The first-order valence-corrected chi connectivity index (χ1v) is 9.47. The van der Waals surface area contributed by atoms with Crippen molar-refractivity contribution in [3.63, 3.8) is 0 Å². The average Bonchev–Trinajstić information content (AvgIpc) is 3.10. The molecule has 5 heteroatoms. The number of carbonyl (C=O) groups is 1. The first-order valence-electron chi connectivity index (χ1n) is 9.47. The number of likely N-dealkylation sites (tertiary alicyclic amines) is 1. The maximum absolute atomic E-state index is 12.7. The number of nitrogens with zero attached hydrogens (tertiary/aromatic N) is 3. The van der Waals surface area contributed by atoms with E-state index < -0.39 is 0 Å². The Morgan fingerprint density at radius 3 is 2.65 bits per heavy atom. The number of hydrogen-bond donors (Lipinski definition) is 0. The Bertz CT molecular complexity index is 742. The molecule has 5 nitrogen and oxygen atoms in total. The van der Waals surface area contributed by atoms with Crippen molar-refractivity contribution in [2.24, 2.45) is 0 Å². The van der Waals surface area contributed by atoms with Crippen molar-refractivity contribution in [3.8, 4) is 0 Å². The third-order valence-electron chi connectivity index (χ3n) is 5.08. The van der Waals surface area contributed by atoms with Crippen LogP contribution in [0.15, 0.2) is 28.7 Å². The van der Waals surface area contributed by atoms with Crippen LogP contribution in [0.25, 0.3) is 0 Å². The lowest BCUT2D eigenvalue weighted by atomic mass is 10.1. The molecule has 26 heavy (non-hydrogen) atoms. The van der Waals surface area contributed by atoms with E-state index >= 15 is 0 Å². The Morgan fingerprint density at radius 1 is 1.23 bits per heavy atom. The molecule has 0 N–H and O–H groups in total. The molecule has 0 aliphatic carbocycles. The SMILES string of the molecule is Cc1cc(C)nc(CN(C)C(=O)c2ccc([C@@H](C)N3CCCCC3)o2)c1. The van der Waals surface area contributed by atoms with Gasteiger partial charge in [-0.3, -0.25) is 14.7 Å². The van der Waals surface area contributed by atoms with E-state index in [0.29, 0.717) is 12.3 Å². The first kappa shape index (κ1) is 18.6. The predicted molar refractivity (Wildman–Crippen MR) is 102 cm³/mol. The summed E-state index contributed by atoms with van der Waals surface area (Å²) < 4.78 is 5.91. The molecule has 0 unspecified atom stereocenters. The van der Waals surface area contributed by atoms with E-state index in [0.717, 1.165) is 35.8 Å². The molecule has 0 bridgehead atoms. The number of aryl methyl sites for hydroxylation is 2. The third-order valence-corrected chi connectivity index (χ3v) is 5.08. The Hall–Kier alpha value is -2.14. The van der Waals surface area contributed by atoms with Crippen LogP contribution in [0.4, 0.5) is 0 Å². The average molecular weight is 355 g/mol. The maximum atomic E-state index is 12.7. The Morgan fingerprint density at radius 2 is 1.96 bits per heavy atom. The number of furan rings is 1. The van der Waals surface area contributed by atoms with E-state index in [4.69, 9.17) is 4.42 Å². The second-order valence-corrected chi connectivity index (χ2v) is 7.41. The largest absolute Gasteiger partial charge is 0.454 e. The molecule has 0 saturated carbocycles. The number of piperidine rings is 1. The van der Waals surface area contributed by atoms with Gasteiger partial charge in [0.05, 0.1) is 18.3 Å². The van der Waals surface area contributed by atoms with E-state index in [-0.39, 0.29) is 11.9 Å². The predicted octanol–water partition coefficient (Wildman–Crippen LogP) is 4.11. The van der Waals surface area contributed by atoms with Crippen LogP contribution >= 0.6 is 0 Å². The van der Waals surface area contributed by atoms with Gasteiger partial charge in [-0.05, 0) is 76.5 Å². The van der Waals surface area contributed by atoms with Gasteiger partial charge >= 0.3 is 0 Å². The van der Waals surface area contributed by atoms with E-state index in [1.165, 1.54) is 19.3 Å². The molecule has 0 aromatic carbocycles. The summed E-state index contributed by atoms with van der Waals surface area (Å²) in [5, 5.41) is 0. The zero-order valence-electron chi connectivity index (χ0n) is 16.3. The summed E-state index contributed by atoms with van der Waals surface area (Å²) in [5.74, 6) is 1.16. The maximum Gasteiger partial charge on any atom is 0.289 e. The highest BCUT2D eigenvalue weighted by molar-refractivity contribution is 5.91. The van der Waals surface area contributed by atoms with Crippen LogP contribution in [0.2, 0.25) is 0 Å². The number of aromatic nitrogens is 1. The highest BCUT2D eigenvalue weighted by Crippen LogP contribution is 2.26. The molecule has 2 aromatic rings.